The third-order valence-corrected chi connectivity index (χ3v) is 5.63. The van der Waals surface area contributed by atoms with E-state index < -0.39 is 34.5 Å². The second-order valence-electron chi connectivity index (χ2n) is 8.24. The van der Waals surface area contributed by atoms with E-state index in [9.17, 15) is 33.2 Å². The first-order chi connectivity index (χ1) is 15.5. The molecule has 0 spiro atoms. The fraction of sp³-hybridized carbons (Fsp3) is 0.550. The van der Waals surface area contributed by atoms with Crippen LogP contribution in [0.15, 0.2) is 22.7 Å². The number of nitro groups is 1. The molecule has 0 radical (unpaired) electrons. The molecule has 1 fully saturated rings. The van der Waals surface area contributed by atoms with Crippen molar-refractivity contribution in [3.63, 3.8) is 0 Å². The van der Waals surface area contributed by atoms with Crippen LogP contribution in [-0.4, -0.2) is 45.4 Å². The lowest BCUT2D eigenvalue weighted by molar-refractivity contribution is -0.385. The van der Waals surface area contributed by atoms with E-state index in [1.807, 2.05) is 13.8 Å². The van der Waals surface area contributed by atoms with E-state index in [4.69, 9.17) is 4.52 Å². The van der Waals surface area contributed by atoms with Gasteiger partial charge in [0.15, 0.2) is 5.82 Å². The van der Waals surface area contributed by atoms with Crippen LogP contribution in [0.2, 0.25) is 0 Å². The van der Waals surface area contributed by atoms with Crippen molar-refractivity contribution in [2.75, 3.05) is 18.0 Å². The Kier molecular flexibility index (Phi) is 7.08. The van der Waals surface area contributed by atoms with Crippen LogP contribution in [0, 0.1) is 16.0 Å². The highest BCUT2D eigenvalue weighted by Crippen LogP contribution is 2.40. The highest BCUT2D eigenvalue weighted by atomic mass is 19.4. The van der Waals surface area contributed by atoms with Crippen LogP contribution in [0.3, 0.4) is 0 Å². The summed E-state index contributed by atoms with van der Waals surface area (Å²) in [4.78, 5) is 27.2. The minimum atomic E-state index is -4.75. The molecule has 1 amide bonds. The molecule has 0 bridgehead atoms. The van der Waals surface area contributed by atoms with Gasteiger partial charge in [0.05, 0.1) is 10.5 Å². The predicted octanol–water partition coefficient (Wildman–Crippen LogP) is 4.22. The lowest BCUT2D eigenvalue weighted by atomic mass is 9.87. The number of nitro benzene ring substituents is 1. The van der Waals surface area contributed by atoms with Crippen LogP contribution in [0.5, 0.6) is 0 Å². The SMILES string of the molecule is CC(C)c1nc(CC(NC(=O)O)C2CCN(c3ccc([N+](=O)[O-])cc3C(F)(F)F)CC2)no1. The fourth-order valence-electron chi connectivity index (χ4n) is 3.96. The number of piperidine rings is 1. The Morgan fingerprint density at radius 1 is 1.36 bits per heavy atom. The Morgan fingerprint density at radius 3 is 2.55 bits per heavy atom. The van der Waals surface area contributed by atoms with Gasteiger partial charge in [-0.05, 0) is 24.8 Å². The number of aromatic nitrogens is 2. The van der Waals surface area contributed by atoms with Crippen molar-refractivity contribution in [2.24, 2.45) is 5.92 Å². The Bertz CT molecular complexity index is 1000. The quantitative estimate of drug-likeness (QED) is 0.453. The van der Waals surface area contributed by atoms with Crippen LogP contribution >= 0.6 is 0 Å². The second-order valence-corrected chi connectivity index (χ2v) is 8.24. The van der Waals surface area contributed by atoms with Gasteiger partial charge >= 0.3 is 12.3 Å². The zero-order valence-electron chi connectivity index (χ0n) is 18.0. The summed E-state index contributed by atoms with van der Waals surface area (Å²) in [5, 5.41) is 26.5. The maximum absolute atomic E-state index is 13.5. The highest BCUT2D eigenvalue weighted by molar-refractivity contribution is 5.65. The van der Waals surface area contributed by atoms with E-state index in [0.717, 1.165) is 12.1 Å². The van der Waals surface area contributed by atoms with Crippen molar-refractivity contribution in [3.05, 3.63) is 45.6 Å². The van der Waals surface area contributed by atoms with Crippen molar-refractivity contribution >= 4 is 17.5 Å². The molecule has 3 rings (SSSR count). The van der Waals surface area contributed by atoms with E-state index in [1.165, 1.54) is 4.90 Å². The van der Waals surface area contributed by atoms with E-state index in [1.54, 1.807) is 0 Å². The standard InChI is InChI=1S/C20H24F3N5O5/c1-11(2)18-25-17(26-33-18)10-15(24-19(29)30)12-5-7-27(8-6-12)16-4-3-13(28(31)32)9-14(16)20(21,22)23/h3-4,9,11-12,15,24H,5-8,10H2,1-2H3,(H,29,30). The molecule has 1 unspecified atom stereocenters. The molecule has 2 N–H and O–H groups in total. The van der Waals surface area contributed by atoms with Crippen LogP contribution in [-0.2, 0) is 12.6 Å². The third kappa shape index (κ3) is 5.90. The monoisotopic (exact) mass is 471 g/mol. The molecule has 33 heavy (non-hydrogen) atoms. The summed E-state index contributed by atoms with van der Waals surface area (Å²) in [6.45, 7) is 4.22. The molecule has 1 aromatic heterocycles. The van der Waals surface area contributed by atoms with Crippen molar-refractivity contribution in [2.45, 2.75) is 51.2 Å². The first kappa shape index (κ1) is 24.3. The fourth-order valence-corrected chi connectivity index (χ4v) is 3.96. The molecule has 1 aliphatic rings. The Labute approximate surface area is 186 Å². The van der Waals surface area contributed by atoms with Crippen LogP contribution in [0.4, 0.5) is 29.3 Å². The molecule has 1 aromatic carbocycles. The molecule has 1 saturated heterocycles. The molecular formula is C20H24F3N5O5. The summed E-state index contributed by atoms with van der Waals surface area (Å²) in [7, 11) is 0. The molecular weight excluding hydrogens is 447 g/mol. The van der Waals surface area contributed by atoms with Gasteiger partial charge in [-0.25, -0.2) is 4.79 Å². The van der Waals surface area contributed by atoms with Crippen molar-refractivity contribution in [1.82, 2.24) is 15.5 Å². The molecule has 13 heteroatoms. The molecule has 0 aliphatic carbocycles. The molecule has 1 aliphatic heterocycles. The largest absolute Gasteiger partial charge is 0.465 e. The number of nitrogens with one attached hydrogen (secondary N) is 1. The van der Waals surface area contributed by atoms with Gasteiger partial charge in [0.2, 0.25) is 5.89 Å². The summed E-state index contributed by atoms with van der Waals surface area (Å²) in [6, 6.07) is 2.16. The minimum Gasteiger partial charge on any atom is -0.465 e. The summed E-state index contributed by atoms with van der Waals surface area (Å²) >= 11 is 0. The first-order valence-electron chi connectivity index (χ1n) is 10.4. The van der Waals surface area contributed by atoms with Gasteiger partial charge in [-0.15, -0.1) is 0 Å². The molecule has 0 saturated carbocycles. The zero-order valence-corrected chi connectivity index (χ0v) is 18.0. The van der Waals surface area contributed by atoms with E-state index >= 15 is 0 Å². The van der Waals surface area contributed by atoms with Crippen LogP contribution in [0.1, 0.15) is 49.9 Å². The van der Waals surface area contributed by atoms with Gasteiger partial charge < -0.3 is 19.8 Å². The summed E-state index contributed by atoms with van der Waals surface area (Å²) in [6.07, 6.45) is -4.95. The number of benzene rings is 1. The smallest absolute Gasteiger partial charge is 0.418 e. The maximum atomic E-state index is 13.5. The highest BCUT2D eigenvalue weighted by Gasteiger charge is 2.38. The number of hydrogen-bond donors (Lipinski definition) is 2. The molecule has 1 atom stereocenters. The van der Waals surface area contributed by atoms with E-state index in [0.29, 0.717) is 30.6 Å². The maximum Gasteiger partial charge on any atom is 0.418 e. The number of halogens is 3. The molecule has 10 nitrogen and oxygen atoms in total. The number of rotatable bonds is 7. The Morgan fingerprint density at radius 2 is 2.03 bits per heavy atom. The minimum absolute atomic E-state index is 0.0184. The molecule has 180 valence electrons. The number of anilines is 1. The lowest BCUT2D eigenvalue weighted by Crippen LogP contribution is -2.46. The lowest BCUT2D eigenvalue weighted by Gasteiger charge is -2.37. The van der Waals surface area contributed by atoms with E-state index in [-0.39, 0.29) is 37.0 Å². The number of alkyl halides is 3. The number of hydrogen-bond acceptors (Lipinski definition) is 7. The van der Waals surface area contributed by atoms with Crippen molar-refractivity contribution < 1.29 is 32.5 Å². The Balaban J connectivity index is 1.75. The summed E-state index contributed by atoms with van der Waals surface area (Å²) in [5.74, 6) is 0.650. The van der Waals surface area contributed by atoms with Gasteiger partial charge in [-0.1, -0.05) is 19.0 Å². The van der Waals surface area contributed by atoms with Crippen LogP contribution < -0.4 is 10.2 Å². The van der Waals surface area contributed by atoms with E-state index in [2.05, 4.69) is 15.5 Å². The number of carbonyl (C=O) groups is 1. The van der Waals surface area contributed by atoms with Gasteiger partial charge in [0.25, 0.3) is 5.69 Å². The van der Waals surface area contributed by atoms with Gasteiger partial charge in [-0.2, -0.15) is 18.2 Å². The van der Waals surface area contributed by atoms with Gasteiger partial charge in [-0.3, -0.25) is 10.1 Å². The third-order valence-electron chi connectivity index (χ3n) is 5.63. The normalized spacial score (nSPS) is 16.1. The zero-order chi connectivity index (χ0) is 24.3. The Hall–Kier alpha value is -3.38. The van der Waals surface area contributed by atoms with Crippen molar-refractivity contribution in [1.29, 1.82) is 0 Å². The predicted molar refractivity (Wildman–Crippen MR) is 110 cm³/mol. The average molecular weight is 471 g/mol. The summed E-state index contributed by atoms with van der Waals surface area (Å²) < 4.78 is 45.8. The molecule has 2 heterocycles. The first-order valence-corrected chi connectivity index (χ1v) is 10.4. The van der Waals surface area contributed by atoms with Gasteiger partial charge in [0.1, 0.15) is 0 Å². The van der Waals surface area contributed by atoms with Crippen LogP contribution in [0.25, 0.3) is 0 Å². The average Bonchev–Trinajstić information content (AvgIpc) is 3.21. The number of non-ortho nitro benzene ring substituents is 1. The van der Waals surface area contributed by atoms with Crippen molar-refractivity contribution in [3.8, 4) is 0 Å². The number of nitrogens with zero attached hydrogens (tertiary/aromatic N) is 4. The number of carboxylic acid groups (broad SMARTS) is 1. The molecule has 2 aromatic rings. The topological polar surface area (TPSA) is 135 Å². The number of amides is 1. The second kappa shape index (κ2) is 9.63. The van der Waals surface area contributed by atoms with Gasteiger partial charge in [0, 0.05) is 49.3 Å². The summed E-state index contributed by atoms with van der Waals surface area (Å²) in [5.41, 5.74) is -1.83.